The number of hydrazone groups is 1. The standard InChI is InChI=1S/C23H26N2O2/c1-18(2)21-13-15-22(16-14-21)27-17-23(26)25-24-19(3)9-7-8-12-20-10-5-4-6-11-20/h4-16,18H,17H2,1-3H3,(H,25,26)/b9-7+,12-8+,24-19-. The van der Waals surface area contributed by atoms with Gasteiger partial charge in [0, 0.05) is 0 Å². The molecule has 0 aliphatic carbocycles. The summed E-state index contributed by atoms with van der Waals surface area (Å²) in [5.41, 5.74) is 5.55. The number of hydrogen-bond acceptors (Lipinski definition) is 3. The number of carbonyl (C=O) groups is 1. The lowest BCUT2D eigenvalue weighted by atomic mass is 10.0. The van der Waals surface area contributed by atoms with E-state index in [1.54, 1.807) is 0 Å². The van der Waals surface area contributed by atoms with E-state index in [0.717, 1.165) is 5.56 Å². The molecule has 0 heterocycles. The van der Waals surface area contributed by atoms with Gasteiger partial charge in [0.05, 0.1) is 5.71 Å². The van der Waals surface area contributed by atoms with Gasteiger partial charge in [-0.3, -0.25) is 4.79 Å². The summed E-state index contributed by atoms with van der Waals surface area (Å²) in [6.45, 7) is 6.01. The normalized spacial score (nSPS) is 12.1. The largest absolute Gasteiger partial charge is 0.484 e. The molecule has 0 saturated carbocycles. The van der Waals surface area contributed by atoms with Crippen LogP contribution in [0.2, 0.25) is 0 Å². The lowest BCUT2D eigenvalue weighted by Crippen LogP contribution is -2.25. The minimum Gasteiger partial charge on any atom is -0.484 e. The van der Waals surface area contributed by atoms with E-state index >= 15 is 0 Å². The predicted octanol–water partition coefficient (Wildman–Crippen LogP) is 4.95. The molecular weight excluding hydrogens is 336 g/mol. The Bertz CT molecular complexity index is 804. The zero-order valence-electron chi connectivity index (χ0n) is 16.1. The van der Waals surface area contributed by atoms with Crippen LogP contribution in [0.25, 0.3) is 6.08 Å². The van der Waals surface area contributed by atoms with Gasteiger partial charge in [0.2, 0.25) is 0 Å². The quantitative estimate of drug-likeness (QED) is 0.410. The molecule has 27 heavy (non-hydrogen) atoms. The fourth-order valence-electron chi connectivity index (χ4n) is 2.24. The number of nitrogens with zero attached hydrogens (tertiary/aromatic N) is 1. The van der Waals surface area contributed by atoms with Gasteiger partial charge in [-0.25, -0.2) is 5.43 Å². The average Bonchev–Trinajstić information content (AvgIpc) is 2.69. The Kier molecular flexibility index (Phi) is 8.04. The Morgan fingerprint density at radius 2 is 1.78 bits per heavy atom. The van der Waals surface area contributed by atoms with Gasteiger partial charge in [-0.1, -0.05) is 74.5 Å². The van der Waals surface area contributed by atoms with Crippen molar-refractivity contribution in [1.82, 2.24) is 5.43 Å². The van der Waals surface area contributed by atoms with Crippen LogP contribution in [0.1, 0.15) is 37.8 Å². The molecule has 2 aromatic rings. The number of amides is 1. The lowest BCUT2D eigenvalue weighted by Gasteiger charge is -2.08. The molecule has 4 nitrogen and oxygen atoms in total. The first kappa shape index (κ1) is 20.2. The van der Waals surface area contributed by atoms with E-state index in [1.165, 1.54) is 5.56 Å². The fraction of sp³-hybridized carbons (Fsp3) is 0.217. The summed E-state index contributed by atoms with van der Waals surface area (Å²) >= 11 is 0. The molecule has 140 valence electrons. The van der Waals surface area contributed by atoms with Crippen molar-refractivity contribution in [2.75, 3.05) is 6.61 Å². The molecule has 2 rings (SSSR count). The van der Waals surface area contributed by atoms with Crippen LogP contribution in [-0.2, 0) is 4.79 Å². The van der Waals surface area contributed by atoms with Crippen LogP contribution in [-0.4, -0.2) is 18.2 Å². The Balaban J connectivity index is 1.74. The summed E-state index contributed by atoms with van der Waals surface area (Å²) in [6, 6.07) is 17.8. The van der Waals surface area contributed by atoms with Crippen LogP contribution in [0.15, 0.2) is 77.9 Å². The van der Waals surface area contributed by atoms with Gasteiger partial charge < -0.3 is 4.74 Å². The number of hydrogen-bond donors (Lipinski definition) is 1. The zero-order chi connectivity index (χ0) is 19.5. The van der Waals surface area contributed by atoms with Gasteiger partial charge in [-0.2, -0.15) is 5.10 Å². The molecular formula is C23H26N2O2. The van der Waals surface area contributed by atoms with Gasteiger partial charge in [-0.05, 0) is 42.2 Å². The highest BCUT2D eigenvalue weighted by molar-refractivity contribution is 5.94. The van der Waals surface area contributed by atoms with Crippen LogP contribution in [0, 0.1) is 0 Å². The third-order valence-corrected chi connectivity index (χ3v) is 3.81. The molecule has 0 spiro atoms. The molecule has 1 N–H and O–H groups in total. The number of benzene rings is 2. The monoisotopic (exact) mass is 362 g/mol. The molecule has 0 radical (unpaired) electrons. The second-order valence-electron chi connectivity index (χ2n) is 6.43. The lowest BCUT2D eigenvalue weighted by molar-refractivity contribution is -0.123. The summed E-state index contributed by atoms with van der Waals surface area (Å²) in [6.07, 6.45) is 7.64. The highest BCUT2D eigenvalue weighted by atomic mass is 16.5. The topological polar surface area (TPSA) is 50.7 Å². The molecule has 4 heteroatoms. The Hall–Kier alpha value is -3.14. The van der Waals surface area contributed by atoms with E-state index in [-0.39, 0.29) is 12.5 Å². The number of nitrogens with one attached hydrogen (secondary N) is 1. The smallest absolute Gasteiger partial charge is 0.277 e. The van der Waals surface area contributed by atoms with Crippen molar-refractivity contribution in [3.05, 3.63) is 84.0 Å². The molecule has 0 fully saturated rings. The molecule has 1 amide bonds. The third-order valence-electron chi connectivity index (χ3n) is 3.81. The number of rotatable bonds is 8. The van der Waals surface area contributed by atoms with Crippen LogP contribution in [0.5, 0.6) is 5.75 Å². The summed E-state index contributed by atoms with van der Waals surface area (Å²) < 4.78 is 5.47. The molecule has 0 unspecified atom stereocenters. The fourth-order valence-corrected chi connectivity index (χ4v) is 2.24. The van der Waals surface area contributed by atoms with E-state index in [0.29, 0.717) is 17.4 Å². The maximum atomic E-state index is 11.8. The minimum atomic E-state index is -0.296. The van der Waals surface area contributed by atoms with Crippen molar-refractivity contribution in [1.29, 1.82) is 0 Å². The maximum Gasteiger partial charge on any atom is 0.277 e. The van der Waals surface area contributed by atoms with E-state index in [1.807, 2.05) is 85.8 Å². The third kappa shape index (κ3) is 7.74. The van der Waals surface area contributed by atoms with Crippen molar-refractivity contribution in [2.45, 2.75) is 26.7 Å². The Morgan fingerprint density at radius 3 is 2.44 bits per heavy atom. The molecule has 2 aromatic carbocycles. The van der Waals surface area contributed by atoms with Gasteiger partial charge in [0.25, 0.3) is 5.91 Å². The van der Waals surface area contributed by atoms with Crippen LogP contribution < -0.4 is 10.2 Å². The van der Waals surface area contributed by atoms with Gasteiger partial charge in [-0.15, -0.1) is 0 Å². The van der Waals surface area contributed by atoms with Gasteiger partial charge >= 0.3 is 0 Å². The van der Waals surface area contributed by atoms with E-state index < -0.39 is 0 Å². The highest BCUT2D eigenvalue weighted by Gasteiger charge is 2.03. The average molecular weight is 362 g/mol. The molecule has 0 aromatic heterocycles. The summed E-state index contributed by atoms with van der Waals surface area (Å²) in [5, 5.41) is 4.03. The molecule has 0 aliphatic heterocycles. The van der Waals surface area contributed by atoms with Crippen molar-refractivity contribution in [3.63, 3.8) is 0 Å². The Morgan fingerprint density at radius 1 is 1.07 bits per heavy atom. The van der Waals surface area contributed by atoms with Crippen molar-refractivity contribution in [3.8, 4) is 5.75 Å². The van der Waals surface area contributed by atoms with E-state index in [4.69, 9.17) is 4.74 Å². The van der Waals surface area contributed by atoms with E-state index in [9.17, 15) is 4.79 Å². The summed E-state index contributed by atoms with van der Waals surface area (Å²) in [4.78, 5) is 11.8. The molecule has 0 aliphatic rings. The Labute approximate surface area is 161 Å². The molecule has 0 atom stereocenters. The molecule has 0 bridgehead atoms. The first-order valence-corrected chi connectivity index (χ1v) is 9.00. The van der Waals surface area contributed by atoms with Crippen LogP contribution >= 0.6 is 0 Å². The second-order valence-corrected chi connectivity index (χ2v) is 6.43. The summed E-state index contributed by atoms with van der Waals surface area (Å²) in [7, 11) is 0. The van der Waals surface area contributed by atoms with Crippen LogP contribution in [0.3, 0.4) is 0 Å². The van der Waals surface area contributed by atoms with Crippen molar-refractivity contribution in [2.24, 2.45) is 5.10 Å². The number of ether oxygens (including phenoxy) is 1. The van der Waals surface area contributed by atoms with E-state index in [2.05, 4.69) is 24.4 Å². The maximum absolute atomic E-state index is 11.8. The minimum absolute atomic E-state index is 0.0740. The summed E-state index contributed by atoms with van der Waals surface area (Å²) in [5.74, 6) is 0.840. The zero-order valence-corrected chi connectivity index (χ0v) is 16.1. The van der Waals surface area contributed by atoms with Crippen LogP contribution in [0.4, 0.5) is 0 Å². The van der Waals surface area contributed by atoms with Crippen molar-refractivity contribution < 1.29 is 9.53 Å². The molecule has 0 saturated heterocycles. The first-order valence-electron chi connectivity index (χ1n) is 9.00. The van der Waals surface area contributed by atoms with Crippen molar-refractivity contribution >= 4 is 17.7 Å². The highest BCUT2D eigenvalue weighted by Crippen LogP contribution is 2.18. The van der Waals surface area contributed by atoms with Gasteiger partial charge in [0.1, 0.15) is 5.75 Å². The first-order chi connectivity index (χ1) is 13.0. The van der Waals surface area contributed by atoms with Gasteiger partial charge in [0.15, 0.2) is 6.61 Å². The SMILES string of the molecule is CC(/C=C/C=C/c1ccccc1)=N/NC(=O)COc1ccc(C(C)C)cc1. The number of carbonyl (C=O) groups excluding carboxylic acids is 1. The predicted molar refractivity (Wildman–Crippen MR) is 112 cm³/mol. The number of allylic oxidation sites excluding steroid dienone is 3. The second kappa shape index (κ2) is 10.8.